The molecule has 152 valence electrons. The molecule has 2 heterocycles. The van der Waals surface area contributed by atoms with E-state index in [9.17, 15) is 9.59 Å². The number of fused-ring (bicyclic) bond motifs is 1. The summed E-state index contributed by atoms with van der Waals surface area (Å²) in [6.45, 7) is 3.34. The number of aryl methyl sites for hydroxylation is 1. The smallest absolute Gasteiger partial charge is 0.289 e. The molecule has 0 spiro atoms. The topological polar surface area (TPSA) is 84.1 Å². The first kappa shape index (κ1) is 19.2. The molecule has 2 amide bonds. The Balaban J connectivity index is 1.46. The minimum absolute atomic E-state index is 0.0472. The third-order valence-corrected chi connectivity index (χ3v) is 5.34. The summed E-state index contributed by atoms with van der Waals surface area (Å²) in [7, 11) is 0. The third-order valence-electron chi connectivity index (χ3n) is 5.34. The second-order valence-corrected chi connectivity index (χ2v) is 7.40. The van der Waals surface area contributed by atoms with Crippen LogP contribution in [0.2, 0.25) is 0 Å². The van der Waals surface area contributed by atoms with Crippen LogP contribution in [-0.4, -0.2) is 42.1 Å². The van der Waals surface area contributed by atoms with Crippen LogP contribution in [0.5, 0.6) is 5.75 Å². The molecule has 2 aromatic rings. The van der Waals surface area contributed by atoms with Crippen molar-refractivity contribution in [3.05, 3.63) is 53.0 Å². The molecule has 0 saturated carbocycles. The third kappa shape index (κ3) is 4.18. The van der Waals surface area contributed by atoms with Crippen LogP contribution in [0.1, 0.15) is 53.1 Å². The number of amides is 2. The summed E-state index contributed by atoms with van der Waals surface area (Å²) in [5.41, 5.74) is 5.00. The first-order valence-electron chi connectivity index (χ1n) is 10.1. The number of carbonyl (C=O) groups excluding carboxylic acids is 2. The lowest BCUT2D eigenvalue weighted by Crippen LogP contribution is -2.28. The maximum absolute atomic E-state index is 12.8. The maximum atomic E-state index is 12.8. The predicted molar refractivity (Wildman–Crippen MR) is 108 cm³/mol. The molecule has 1 aromatic carbocycles. The van der Waals surface area contributed by atoms with Gasteiger partial charge in [0.25, 0.3) is 11.8 Å². The van der Waals surface area contributed by atoms with Crippen molar-refractivity contribution in [1.82, 2.24) is 10.3 Å². The molecule has 0 bridgehead atoms. The summed E-state index contributed by atoms with van der Waals surface area (Å²) in [6, 6.07) is 9.16. The van der Waals surface area contributed by atoms with E-state index in [2.05, 4.69) is 10.5 Å². The Labute approximate surface area is 169 Å². The average molecular weight is 395 g/mol. The van der Waals surface area contributed by atoms with Crippen molar-refractivity contribution in [1.29, 1.82) is 0 Å². The molecule has 7 heteroatoms. The fourth-order valence-electron chi connectivity index (χ4n) is 3.88. The van der Waals surface area contributed by atoms with Crippen molar-refractivity contribution >= 4 is 17.5 Å². The van der Waals surface area contributed by atoms with Crippen molar-refractivity contribution < 1.29 is 18.7 Å². The summed E-state index contributed by atoms with van der Waals surface area (Å²) in [5, 5.41) is 4.32. The number of benzene rings is 1. The Morgan fingerprint density at radius 1 is 1.14 bits per heavy atom. The molecule has 2 aliphatic rings. The van der Waals surface area contributed by atoms with Gasteiger partial charge >= 0.3 is 0 Å². The first-order valence-corrected chi connectivity index (χ1v) is 10.1. The van der Waals surface area contributed by atoms with Gasteiger partial charge in [-0.3, -0.25) is 9.59 Å². The Morgan fingerprint density at radius 2 is 1.90 bits per heavy atom. The van der Waals surface area contributed by atoms with E-state index in [1.165, 1.54) is 0 Å². The number of para-hydroxylation sites is 1. The van der Waals surface area contributed by atoms with E-state index in [0.29, 0.717) is 11.5 Å². The number of hydrogen-bond acceptors (Lipinski definition) is 5. The summed E-state index contributed by atoms with van der Waals surface area (Å²) in [6.07, 6.45) is 4.44. The van der Waals surface area contributed by atoms with Gasteiger partial charge in [0.05, 0.1) is 5.71 Å². The highest BCUT2D eigenvalue weighted by molar-refractivity contribution is 6.06. The number of likely N-dealkylation sites (tertiary alicyclic amines) is 1. The van der Waals surface area contributed by atoms with E-state index in [-0.39, 0.29) is 18.4 Å². The standard InChI is InChI=1S/C22H25N3O4/c1-15-20-17(23-24-19(26)14-28-16-8-3-2-4-9-16)10-7-11-18(20)29-21(15)22(27)25-12-5-6-13-25/h2-4,8-9H,5-7,10-14H2,1H3,(H,24,26)/b23-17+. The molecule has 0 unspecified atom stereocenters. The van der Waals surface area contributed by atoms with Gasteiger partial charge < -0.3 is 14.1 Å². The Kier molecular flexibility index (Phi) is 5.64. The van der Waals surface area contributed by atoms with Gasteiger partial charge in [0, 0.05) is 30.6 Å². The SMILES string of the molecule is Cc1c(C(=O)N2CCCC2)oc2c1/C(=N/NC(=O)COc1ccccc1)CCC2. The number of nitrogens with zero attached hydrogens (tertiary/aromatic N) is 2. The fourth-order valence-corrected chi connectivity index (χ4v) is 3.88. The van der Waals surface area contributed by atoms with Crippen molar-refractivity contribution in [2.45, 2.75) is 39.0 Å². The van der Waals surface area contributed by atoms with E-state index < -0.39 is 0 Å². The lowest BCUT2D eigenvalue weighted by atomic mass is 9.93. The van der Waals surface area contributed by atoms with Crippen LogP contribution in [0.25, 0.3) is 0 Å². The lowest BCUT2D eigenvalue weighted by Gasteiger charge is -2.14. The van der Waals surface area contributed by atoms with Crippen molar-refractivity contribution in [2.75, 3.05) is 19.7 Å². The Morgan fingerprint density at radius 3 is 2.66 bits per heavy atom. The first-order chi connectivity index (χ1) is 14.1. The van der Waals surface area contributed by atoms with Gasteiger partial charge in [0.1, 0.15) is 11.5 Å². The predicted octanol–water partition coefficient (Wildman–Crippen LogP) is 3.06. The molecule has 1 aromatic heterocycles. The zero-order chi connectivity index (χ0) is 20.2. The molecular formula is C22H25N3O4. The van der Waals surface area contributed by atoms with Crippen LogP contribution in [0, 0.1) is 6.92 Å². The van der Waals surface area contributed by atoms with Crippen LogP contribution in [0.4, 0.5) is 0 Å². The van der Waals surface area contributed by atoms with Gasteiger partial charge in [0.2, 0.25) is 0 Å². The van der Waals surface area contributed by atoms with Crippen molar-refractivity contribution in [3.63, 3.8) is 0 Å². The number of carbonyl (C=O) groups is 2. The number of nitrogens with one attached hydrogen (secondary N) is 1. The highest BCUT2D eigenvalue weighted by atomic mass is 16.5. The summed E-state index contributed by atoms with van der Waals surface area (Å²) in [5.74, 6) is 1.44. The Hall–Kier alpha value is -3.09. The minimum atomic E-state index is -0.331. The summed E-state index contributed by atoms with van der Waals surface area (Å²) < 4.78 is 11.4. The van der Waals surface area contributed by atoms with Crippen LogP contribution in [0.3, 0.4) is 0 Å². The average Bonchev–Trinajstić information content (AvgIpc) is 3.40. The largest absolute Gasteiger partial charge is 0.484 e. The summed E-state index contributed by atoms with van der Waals surface area (Å²) in [4.78, 5) is 26.7. The van der Waals surface area contributed by atoms with Gasteiger partial charge in [-0.15, -0.1) is 0 Å². The molecule has 1 aliphatic heterocycles. The van der Waals surface area contributed by atoms with Crippen LogP contribution < -0.4 is 10.2 Å². The summed E-state index contributed by atoms with van der Waals surface area (Å²) >= 11 is 0. The van der Waals surface area contributed by atoms with E-state index in [4.69, 9.17) is 9.15 Å². The number of ether oxygens (including phenoxy) is 1. The molecule has 1 saturated heterocycles. The highest BCUT2D eigenvalue weighted by Crippen LogP contribution is 2.31. The molecule has 1 N–H and O–H groups in total. The van der Waals surface area contributed by atoms with E-state index in [1.54, 1.807) is 12.1 Å². The quantitative estimate of drug-likeness (QED) is 0.789. The second-order valence-electron chi connectivity index (χ2n) is 7.40. The number of hydrazone groups is 1. The number of furan rings is 1. The van der Waals surface area contributed by atoms with E-state index in [0.717, 1.165) is 67.8 Å². The molecule has 4 rings (SSSR count). The van der Waals surface area contributed by atoms with Crippen LogP contribution in [-0.2, 0) is 11.2 Å². The monoisotopic (exact) mass is 395 g/mol. The van der Waals surface area contributed by atoms with Crippen LogP contribution >= 0.6 is 0 Å². The van der Waals surface area contributed by atoms with Gasteiger partial charge in [-0.1, -0.05) is 18.2 Å². The molecule has 1 aliphatic carbocycles. The minimum Gasteiger partial charge on any atom is -0.484 e. The van der Waals surface area contributed by atoms with Crippen molar-refractivity contribution in [3.8, 4) is 5.75 Å². The van der Waals surface area contributed by atoms with Gasteiger partial charge in [-0.2, -0.15) is 5.10 Å². The zero-order valence-electron chi connectivity index (χ0n) is 16.6. The van der Waals surface area contributed by atoms with Gasteiger partial charge in [0.15, 0.2) is 12.4 Å². The van der Waals surface area contributed by atoms with Crippen LogP contribution in [0.15, 0.2) is 39.9 Å². The fraction of sp³-hybridized carbons (Fsp3) is 0.409. The van der Waals surface area contributed by atoms with Crippen molar-refractivity contribution in [2.24, 2.45) is 5.10 Å². The molecule has 0 atom stereocenters. The maximum Gasteiger partial charge on any atom is 0.289 e. The zero-order valence-corrected chi connectivity index (χ0v) is 16.6. The molecular weight excluding hydrogens is 370 g/mol. The normalized spacial score (nSPS) is 17.3. The Bertz CT molecular complexity index is 927. The van der Waals surface area contributed by atoms with Gasteiger partial charge in [-0.05, 0) is 44.7 Å². The molecule has 7 nitrogen and oxygen atoms in total. The molecule has 0 radical (unpaired) electrons. The highest BCUT2D eigenvalue weighted by Gasteiger charge is 2.31. The van der Waals surface area contributed by atoms with Gasteiger partial charge in [-0.25, -0.2) is 5.43 Å². The lowest BCUT2D eigenvalue weighted by molar-refractivity contribution is -0.123. The van der Waals surface area contributed by atoms with E-state index in [1.807, 2.05) is 30.0 Å². The molecule has 29 heavy (non-hydrogen) atoms. The number of hydrogen-bond donors (Lipinski definition) is 1. The number of rotatable bonds is 5. The van der Waals surface area contributed by atoms with E-state index >= 15 is 0 Å². The second kappa shape index (κ2) is 8.51. The molecule has 1 fully saturated rings.